The van der Waals surface area contributed by atoms with Crippen LogP contribution in [0.3, 0.4) is 0 Å². The number of rotatable bonds is 4. The van der Waals surface area contributed by atoms with Gasteiger partial charge in [-0.25, -0.2) is 4.98 Å². The average molecular weight is 326 g/mol. The Bertz CT molecular complexity index is 599. The van der Waals surface area contributed by atoms with Crippen LogP contribution < -0.4 is 0 Å². The maximum atomic E-state index is 12.3. The van der Waals surface area contributed by atoms with Crippen LogP contribution in [0, 0.1) is 0 Å². The third-order valence-electron chi connectivity index (χ3n) is 3.69. The van der Waals surface area contributed by atoms with Gasteiger partial charge in [0.2, 0.25) is 5.91 Å². The number of likely N-dealkylation sites (tertiary alicyclic amines) is 1. The number of amides is 1. The van der Waals surface area contributed by atoms with Gasteiger partial charge in [-0.1, -0.05) is 16.8 Å². The highest BCUT2D eigenvalue weighted by Crippen LogP contribution is 2.28. The molecule has 1 saturated heterocycles. The Labute approximate surface area is 131 Å². The molecule has 1 aliphatic rings. The summed E-state index contributed by atoms with van der Waals surface area (Å²) in [7, 11) is 0. The molecule has 3 heterocycles. The fourth-order valence-corrected chi connectivity index (χ4v) is 3.56. The Balaban J connectivity index is 1.54. The van der Waals surface area contributed by atoms with Crippen LogP contribution in [0.15, 0.2) is 22.2 Å². The standard InChI is InChI=1S/C14H16ClN3O2S/c15-12-8-11(20-17-12)3-4-13(19)18-6-1-2-10(9-18)14-16-5-7-21-14/h5,7-8,10H,1-4,6,9H2. The van der Waals surface area contributed by atoms with E-state index < -0.39 is 0 Å². The largest absolute Gasteiger partial charge is 0.360 e. The second-order valence-corrected chi connectivity index (χ2v) is 6.48. The van der Waals surface area contributed by atoms with Crippen molar-refractivity contribution >= 4 is 28.8 Å². The highest BCUT2D eigenvalue weighted by atomic mass is 35.5. The van der Waals surface area contributed by atoms with E-state index in [2.05, 4.69) is 10.1 Å². The Morgan fingerprint density at radius 1 is 1.57 bits per heavy atom. The molecule has 5 nitrogen and oxygen atoms in total. The maximum Gasteiger partial charge on any atom is 0.223 e. The number of carbonyl (C=O) groups is 1. The van der Waals surface area contributed by atoms with Crippen molar-refractivity contribution < 1.29 is 9.32 Å². The Kier molecular flexibility index (Phi) is 4.55. The first-order chi connectivity index (χ1) is 10.2. The summed E-state index contributed by atoms with van der Waals surface area (Å²) >= 11 is 7.36. The first-order valence-corrected chi connectivity index (χ1v) is 8.26. The predicted octanol–water partition coefficient (Wildman–Crippen LogP) is 3.12. The van der Waals surface area contributed by atoms with Crippen LogP contribution in [0.25, 0.3) is 0 Å². The molecule has 0 aromatic carbocycles. The van der Waals surface area contributed by atoms with Crippen molar-refractivity contribution in [2.24, 2.45) is 0 Å². The molecule has 0 saturated carbocycles. The van der Waals surface area contributed by atoms with E-state index in [1.807, 2.05) is 16.5 Å². The van der Waals surface area contributed by atoms with E-state index in [0.717, 1.165) is 30.9 Å². The van der Waals surface area contributed by atoms with Gasteiger partial charge in [-0.05, 0) is 12.8 Å². The lowest BCUT2D eigenvalue weighted by Gasteiger charge is -2.31. The van der Waals surface area contributed by atoms with Gasteiger partial charge in [-0.15, -0.1) is 11.3 Å². The summed E-state index contributed by atoms with van der Waals surface area (Å²) in [5, 5.41) is 7.07. The molecule has 21 heavy (non-hydrogen) atoms. The summed E-state index contributed by atoms with van der Waals surface area (Å²) < 4.78 is 5.02. The predicted molar refractivity (Wildman–Crippen MR) is 80.5 cm³/mol. The summed E-state index contributed by atoms with van der Waals surface area (Å²) in [6, 6.07) is 1.66. The van der Waals surface area contributed by atoms with Crippen LogP contribution in [0.4, 0.5) is 0 Å². The fraction of sp³-hybridized carbons (Fsp3) is 0.500. The summed E-state index contributed by atoms with van der Waals surface area (Å²) in [5.41, 5.74) is 0. The lowest BCUT2D eigenvalue weighted by atomic mass is 9.98. The van der Waals surface area contributed by atoms with Crippen LogP contribution in [0.5, 0.6) is 0 Å². The summed E-state index contributed by atoms with van der Waals surface area (Å²) in [5.74, 6) is 1.19. The molecule has 0 aliphatic carbocycles. The molecule has 7 heteroatoms. The Morgan fingerprint density at radius 3 is 3.19 bits per heavy atom. The van der Waals surface area contributed by atoms with Gasteiger partial charge in [0.15, 0.2) is 5.15 Å². The minimum atomic E-state index is 0.156. The molecule has 0 bridgehead atoms. The Hall–Kier alpha value is -1.40. The van der Waals surface area contributed by atoms with Gasteiger partial charge in [0.1, 0.15) is 5.76 Å². The second kappa shape index (κ2) is 6.58. The smallest absolute Gasteiger partial charge is 0.223 e. The van der Waals surface area contributed by atoms with Gasteiger partial charge in [0.25, 0.3) is 0 Å². The van der Waals surface area contributed by atoms with E-state index in [0.29, 0.717) is 29.7 Å². The van der Waals surface area contributed by atoms with Crippen molar-refractivity contribution in [3.8, 4) is 0 Å². The number of piperidine rings is 1. The maximum absolute atomic E-state index is 12.3. The quantitative estimate of drug-likeness (QED) is 0.866. The van der Waals surface area contributed by atoms with Crippen molar-refractivity contribution in [2.45, 2.75) is 31.6 Å². The molecule has 3 rings (SSSR count). The topological polar surface area (TPSA) is 59.2 Å². The minimum Gasteiger partial charge on any atom is -0.360 e. The zero-order valence-electron chi connectivity index (χ0n) is 11.5. The molecule has 1 amide bonds. The zero-order valence-corrected chi connectivity index (χ0v) is 13.1. The van der Waals surface area contributed by atoms with E-state index in [9.17, 15) is 4.79 Å². The normalized spacial score (nSPS) is 18.9. The molecular formula is C14H16ClN3O2S. The van der Waals surface area contributed by atoms with Crippen LogP contribution in [-0.2, 0) is 11.2 Å². The van der Waals surface area contributed by atoms with E-state index >= 15 is 0 Å². The Morgan fingerprint density at radius 2 is 2.48 bits per heavy atom. The van der Waals surface area contributed by atoms with Gasteiger partial charge in [-0.2, -0.15) is 0 Å². The molecule has 0 N–H and O–H groups in total. The molecule has 1 fully saturated rings. The average Bonchev–Trinajstić information content (AvgIpc) is 3.16. The summed E-state index contributed by atoms with van der Waals surface area (Å²) in [6.07, 6.45) is 4.93. The molecular weight excluding hydrogens is 310 g/mol. The number of carbonyl (C=O) groups excluding carboxylic acids is 1. The molecule has 112 valence electrons. The van der Waals surface area contributed by atoms with Crippen molar-refractivity contribution in [2.75, 3.05) is 13.1 Å². The molecule has 1 atom stereocenters. The zero-order chi connectivity index (χ0) is 14.7. The fourth-order valence-electron chi connectivity index (χ4n) is 2.64. The van der Waals surface area contributed by atoms with E-state index in [-0.39, 0.29) is 5.91 Å². The van der Waals surface area contributed by atoms with Gasteiger partial charge >= 0.3 is 0 Å². The number of nitrogens with zero attached hydrogens (tertiary/aromatic N) is 3. The van der Waals surface area contributed by atoms with Gasteiger partial charge in [0, 0.05) is 49.5 Å². The van der Waals surface area contributed by atoms with E-state index in [1.165, 1.54) is 0 Å². The third-order valence-corrected chi connectivity index (χ3v) is 4.81. The summed E-state index contributed by atoms with van der Waals surface area (Å²) in [6.45, 7) is 1.60. The number of aromatic nitrogens is 2. The highest BCUT2D eigenvalue weighted by Gasteiger charge is 2.26. The van der Waals surface area contributed by atoms with Crippen molar-refractivity contribution in [1.82, 2.24) is 15.0 Å². The lowest BCUT2D eigenvalue weighted by Crippen LogP contribution is -2.39. The molecule has 1 aliphatic heterocycles. The van der Waals surface area contributed by atoms with Crippen LogP contribution in [0.1, 0.15) is 35.9 Å². The van der Waals surface area contributed by atoms with Gasteiger partial charge in [-0.3, -0.25) is 4.79 Å². The van der Waals surface area contributed by atoms with Crippen LogP contribution in [-0.4, -0.2) is 34.0 Å². The van der Waals surface area contributed by atoms with Crippen LogP contribution in [0.2, 0.25) is 5.15 Å². The second-order valence-electron chi connectivity index (χ2n) is 5.17. The van der Waals surface area contributed by atoms with E-state index in [1.54, 1.807) is 17.4 Å². The summed E-state index contributed by atoms with van der Waals surface area (Å²) in [4.78, 5) is 18.6. The molecule has 0 radical (unpaired) electrons. The monoisotopic (exact) mass is 325 g/mol. The minimum absolute atomic E-state index is 0.156. The number of aryl methyl sites for hydroxylation is 1. The SMILES string of the molecule is O=C(CCc1cc(Cl)no1)N1CCCC(c2nccs2)C1. The van der Waals surface area contributed by atoms with Crippen molar-refractivity contribution in [3.05, 3.63) is 33.6 Å². The van der Waals surface area contributed by atoms with Crippen molar-refractivity contribution in [1.29, 1.82) is 0 Å². The molecule has 0 spiro atoms. The van der Waals surface area contributed by atoms with Gasteiger partial charge in [0.05, 0.1) is 5.01 Å². The number of thiazole rings is 1. The highest BCUT2D eigenvalue weighted by molar-refractivity contribution is 7.09. The molecule has 2 aromatic heterocycles. The van der Waals surface area contributed by atoms with Crippen molar-refractivity contribution in [3.63, 3.8) is 0 Å². The van der Waals surface area contributed by atoms with Gasteiger partial charge < -0.3 is 9.42 Å². The van der Waals surface area contributed by atoms with E-state index in [4.69, 9.17) is 16.1 Å². The van der Waals surface area contributed by atoms with Crippen LogP contribution >= 0.6 is 22.9 Å². The number of hydrogen-bond acceptors (Lipinski definition) is 5. The number of hydrogen-bond donors (Lipinski definition) is 0. The third kappa shape index (κ3) is 3.63. The molecule has 1 unspecified atom stereocenters. The molecule has 2 aromatic rings. The number of halogens is 1. The first-order valence-electron chi connectivity index (χ1n) is 7.00. The lowest BCUT2D eigenvalue weighted by molar-refractivity contribution is -0.132. The first kappa shape index (κ1) is 14.5.